The predicted octanol–water partition coefficient (Wildman–Crippen LogP) is 3.34. The number of rotatable bonds is 1. The molecule has 176 valence electrons. The van der Waals surface area contributed by atoms with Crippen molar-refractivity contribution in [2.75, 3.05) is 26.2 Å². The topological polar surface area (TPSA) is 87.7 Å². The summed E-state index contributed by atoms with van der Waals surface area (Å²) in [6.07, 6.45) is 1.12. The minimum Gasteiger partial charge on any atom is -0.491 e. The van der Waals surface area contributed by atoms with E-state index in [9.17, 15) is 18.8 Å². The Morgan fingerprint density at radius 2 is 1.97 bits per heavy atom. The third-order valence-corrected chi connectivity index (χ3v) is 5.50. The average molecular weight is 476 g/mol. The number of nitrogens with zero attached hydrogens (tertiary/aromatic N) is 1. The maximum atomic E-state index is 14.0. The summed E-state index contributed by atoms with van der Waals surface area (Å²) >= 11 is 6.05. The first-order valence-corrected chi connectivity index (χ1v) is 11.2. The van der Waals surface area contributed by atoms with Crippen LogP contribution in [0.2, 0.25) is 5.02 Å². The molecule has 9 heteroatoms. The highest BCUT2D eigenvalue weighted by atomic mass is 35.5. The van der Waals surface area contributed by atoms with E-state index in [2.05, 4.69) is 10.6 Å². The molecule has 2 N–H and O–H groups in total. The van der Waals surface area contributed by atoms with Crippen LogP contribution in [-0.2, 0) is 4.79 Å². The SMILES string of the molecule is Cc1ccc(C(=O)N2CCCCNC(=O)c3cc(Cl)ccc3OC[C@H](C)NC(=O)C2)cc1F. The fourth-order valence-electron chi connectivity index (χ4n) is 3.44. The van der Waals surface area contributed by atoms with Crippen LogP contribution in [0.1, 0.15) is 46.0 Å². The van der Waals surface area contributed by atoms with Crippen LogP contribution < -0.4 is 15.4 Å². The molecular formula is C24H27ClFN3O4. The molecule has 0 radical (unpaired) electrons. The largest absolute Gasteiger partial charge is 0.491 e. The summed E-state index contributed by atoms with van der Waals surface area (Å²) in [6.45, 7) is 3.97. The zero-order chi connectivity index (χ0) is 24.0. The van der Waals surface area contributed by atoms with Gasteiger partial charge >= 0.3 is 0 Å². The summed E-state index contributed by atoms with van der Waals surface area (Å²) in [6, 6.07) is 8.66. The van der Waals surface area contributed by atoms with E-state index in [1.807, 2.05) is 0 Å². The van der Waals surface area contributed by atoms with Gasteiger partial charge in [-0.25, -0.2) is 4.39 Å². The van der Waals surface area contributed by atoms with Gasteiger partial charge in [-0.1, -0.05) is 17.7 Å². The first-order valence-electron chi connectivity index (χ1n) is 10.8. The van der Waals surface area contributed by atoms with Gasteiger partial charge in [0.1, 0.15) is 18.2 Å². The molecule has 7 nitrogen and oxygen atoms in total. The number of hydrogen-bond donors (Lipinski definition) is 2. The summed E-state index contributed by atoms with van der Waals surface area (Å²) in [7, 11) is 0. The van der Waals surface area contributed by atoms with Crippen LogP contribution in [0.5, 0.6) is 5.75 Å². The predicted molar refractivity (Wildman–Crippen MR) is 123 cm³/mol. The summed E-state index contributed by atoms with van der Waals surface area (Å²) in [5.74, 6) is -1.21. The van der Waals surface area contributed by atoms with Gasteiger partial charge in [0.2, 0.25) is 5.91 Å². The van der Waals surface area contributed by atoms with Crippen molar-refractivity contribution >= 4 is 29.3 Å². The molecule has 33 heavy (non-hydrogen) atoms. The van der Waals surface area contributed by atoms with E-state index in [4.69, 9.17) is 16.3 Å². The molecule has 0 saturated carbocycles. The summed E-state index contributed by atoms with van der Waals surface area (Å²) in [4.78, 5) is 39.6. The third kappa shape index (κ3) is 6.68. The van der Waals surface area contributed by atoms with E-state index < -0.39 is 11.7 Å². The Kier molecular flexibility index (Phi) is 8.27. The molecule has 1 atom stereocenters. The molecule has 1 aliphatic heterocycles. The third-order valence-electron chi connectivity index (χ3n) is 5.26. The number of halogens is 2. The van der Waals surface area contributed by atoms with E-state index in [-0.39, 0.29) is 43.1 Å². The Labute approximate surface area is 197 Å². The van der Waals surface area contributed by atoms with E-state index in [1.165, 1.54) is 23.1 Å². The maximum absolute atomic E-state index is 14.0. The van der Waals surface area contributed by atoms with Crippen LogP contribution in [0.25, 0.3) is 0 Å². The second-order valence-electron chi connectivity index (χ2n) is 8.07. The number of carbonyl (C=O) groups excluding carboxylic acids is 3. The minimum absolute atomic E-state index is 0.116. The lowest BCUT2D eigenvalue weighted by Gasteiger charge is -2.24. The molecule has 1 aliphatic rings. The fourth-order valence-corrected chi connectivity index (χ4v) is 3.61. The van der Waals surface area contributed by atoms with Crippen LogP contribution in [0.3, 0.4) is 0 Å². The highest BCUT2D eigenvalue weighted by Crippen LogP contribution is 2.23. The first-order chi connectivity index (χ1) is 15.7. The van der Waals surface area contributed by atoms with Crippen LogP contribution in [0.15, 0.2) is 36.4 Å². The Hall–Kier alpha value is -3.13. The van der Waals surface area contributed by atoms with Crippen LogP contribution in [0.4, 0.5) is 4.39 Å². The van der Waals surface area contributed by atoms with Crippen LogP contribution in [-0.4, -0.2) is 54.9 Å². The Bertz CT molecular complexity index is 1050. The van der Waals surface area contributed by atoms with E-state index in [1.54, 1.807) is 32.0 Å². The number of amides is 3. The second kappa shape index (κ2) is 11.1. The first kappa shape index (κ1) is 24.5. The summed E-state index contributed by atoms with van der Waals surface area (Å²) in [5.41, 5.74) is 0.933. The molecule has 0 bridgehead atoms. The van der Waals surface area contributed by atoms with Gasteiger partial charge in [0.25, 0.3) is 11.8 Å². The zero-order valence-electron chi connectivity index (χ0n) is 18.6. The lowest BCUT2D eigenvalue weighted by atomic mass is 10.1. The fraction of sp³-hybridized carbons (Fsp3) is 0.375. The molecule has 2 aromatic carbocycles. The minimum atomic E-state index is -0.475. The van der Waals surface area contributed by atoms with Gasteiger partial charge in [0, 0.05) is 23.7 Å². The maximum Gasteiger partial charge on any atom is 0.255 e. The van der Waals surface area contributed by atoms with Gasteiger partial charge < -0.3 is 20.3 Å². The summed E-state index contributed by atoms with van der Waals surface area (Å²) < 4.78 is 19.7. The van der Waals surface area contributed by atoms with Crippen molar-refractivity contribution in [2.45, 2.75) is 32.7 Å². The van der Waals surface area contributed by atoms with Crippen molar-refractivity contribution in [1.29, 1.82) is 0 Å². The number of benzene rings is 2. The van der Waals surface area contributed by atoms with Gasteiger partial charge in [-0.3, -0.25) is 14.4 Å². The summed E-state index contributed by atoms with van der Waals surface area (Å²) in [5, 5.41) is 6.04. The molecule has 3 amide bonds. The van der Waals surface area contributed by atoms with E-state index in [0.717, 1.165) is 0 Å². The van der Waals surface area contributed by atoms with Crippen molar-refractivity contribution in [3.05, 3.63) is 63.9 Å². The standard InChI is InChI=1S/C24H27ClFN3O4/c1-15-5-6-17(11-20(15)26)24(32)29-10-4-3-9-27-23(31)19-12-18(25)7-8-21(19)33-14-16(2)28-22(30)13-29/h5-8,11-12,16H,3-4,9-10,13-14H2,1-2H3,(H,27,31)(H,28,30)/t16-/m0/s1. The lowest BCUT2D eigenvalue weighted by molar-refractivity contribution is -0.122. The number of fused-ring (bicyclic) bond motifs is 1. The molecule has 0 aromatic heterocycles. The Morgan fingerprint density at radius 1 is 1.18 bits per heavy atom. The molecule has 2 aromatic rings. The van der Waals surface area contributed by atoms with Gasteiger partial charge in [-0.2, -0.15) is 0 Å². The number of aryl methyl sites for hydroxylation is 1. The molecule has 1 heterocycles. The van der Waals surface area contributed by atoms with Gasteiger partial charge in [0.05, 0.1) is 18.2 Å². The number of ether oxygens (including phenoxy) is 1. The van der Waals surface area contributed by atoms with Crippen LogP contribution in [0, 0.1) is 12.7 Å². The quantitative estimate of drug-likeness (QED) is 0.662. The molecule has 0 saturated heterocycles. The number of hydrogen-bond acceptors (Lipinski definition) is 4. The van der Waals surface area contributed by atoms with E-state index in [0.29, 0.717) is 41.3 Å². The molecule has 0 unspecified atom stereocenters. The van der Waals surface area contributed by atoms with Crippen molar-refractivity contribution in [3.8, 4) is 5.75 Å². The highest BCUT2D eigenvalue weighted by molar-refractivity contribution is 6.31. The van der Waals surface area contributed by atoms with E-state index >= 15 is 0 Å². The molecule has 0 aliphatic carbocycles. The monoisotopic (exact) mass is 475 g/mol. The van der Waals surface area contributed by atoms with Crippen molar-refractivity contribution in [2.24, 2.45) is 0 Å². The smallest absolute Gasteiger partial charge is 0.255 e. The van der Waals surface area contributed by atoms with Crippen molar-refractivity contribution in [3.63, 3.8) is 0 Å². The number of carbonyl (C=O) groups is 3. The normalized spacial score (nSPS) is 18.2. The van der Waals surface area contributed by atoms with Crippen molar-refractivity contribution in [1.82, 2.24) is 15.5 Å². The molecule has 3 rings (SSSR count). The Balaban J connectivity index is 1.77. The average Bonchev–Trinajstić information content (AvgIpc) is 2.78. The molecule has 0 spiro atoms. The highest BCUT2D eigenvalue weighted by Gasteiger charge is 2.21. The van der Waals surface area contributed by atoms with Gasteiger partial charge in [-0.15, -0.1) is 0 Å². The molecular weight excluding hydrogens is 449 g/mol. The van der Waals surface area contributed by atoms with Crippen LogP contribution >= 0.6 is 11.6 Å². The van der Waals surface area contributed by atoms with Crippen molar-refractivity contribution < 1.29 is 23.5 Å². The second-order valence-corrected chi connectivity index (χ2v) is 8.51. The Morgan fingerprint density at radius 3 is 2.73 bits per heavy atom. The zero-order valence-corrected chi connectivity index (χ0v) is 19.4. The van der Waals surface area contributed by atoms with Gasteiger partial charge in [0.15, 0.2) is 0 Å². The van der Waals surface area contributed by atoms with Gasteiger partial charge in [-0.05, 0) is 62.6 Å². The lowest BCUT2D eigenvalue weighted by Crippen LogP contribution is -2.45. The number of nitrogens with one attached hydrogen (secondary N) is 2. The molecule has 0 fully saturated rings.